The minimum absolute atomic E-state index is 0.0858. The fourth-order valence-corrected chi connectivity index (χ4v) is 4.94. The Morgan fingerprint density at radius 1 is 1.06 bits per heavy atom. The van der Waals surface area contributed by atoms with Gasteiger partial charge in [-0.15, -0.1) is 0 Å². The zero-order valence-corrected chi connectivity index (χ0v) is 19.0. The van der Waals surface area contributed by atoms with Crippen LogP contribution in [0.25, 0.3) is 11.0 Å². The predicted molar refractivity (Wildman–Crippen MR) is 119 cm³/mol. The number of carbonyl (C=O) groups is 2. The fraction of sp³-hybridized carbons (Fsp3) is 0.583. The molecule has 168 valence electrons. The molecule has 1 aromatic heterocycles. The Labute approximate surface area is 183 Å². The maximum absolute atomic E-state index is 13.1. The van der Waals surface area contributed by atoms with Crippen LogP contribution in [0.5, 0.6) is 5.75 Å². The number of benzene rings is 1. The third-order valence-corrected chi connectivity index (χ3v) is 6.58. The van der Waals surface area contributed by atoms with E-state index in [9.17, 15) is 9.59 Å². The van der Waals surface area contributed by atoms with E-state index >= 15 is 0 Å². The van der Waals surface area contributed by atoms with Crippen LogP contribution >= 0.6 is 0 Å². The molecule has 2 aliphatic rings. The molecule has 0 aliphatic carbocycles. The third kappa shape index (κ3) is 4.56. The van der Waals surface area contributed by atoms with Gasteiger partial charge in [-0.3, -0.25) is 14.5 Å². The topological polar surface area (TPSA) is 66.2 Å². The SMILES string of the molecule is COc1ccc2oc(C(=O)N3CCN(CC(=O)N4C[C@H](C)C[C@H](C)C4)CC3)c(C)c2c1. The van der Waals surface area contributed by atoms with Crippen molar-refractivity contribution in [1.29, 1.82) is 0 Å². The maximum atomic E-state index is 13.1. The van der Waals surface area contributed by atoms with Crippen LogP contribution in [0.4, 0.5) is 0 Å². The van der Waals surface area contributed by atoms with Crippen molar-refractivity contribution in [1.82, 2.24) is 14.7 Å². The molecular formula is C24H33N3O4. The van der Waals surface area contributed by atoms with Gasteiger partial charge >= 0.3 is 0 Å². The number of nitrogens with zero attached hydrogens (tertiary/aromatic N) is 3. The monoisotopic (exact) mass is 427 g/mol. The smallest absolute Gasteiger partial charge is 0.289 e. The van der Waals surface area contributed by atoms with E-state index in [1.54, 1.807) is 7.11 Å². The first-order chi connectivity index (χ1) is 14.9. The second-order valence-corrected chi connectivity index (χ2v) is 9.23. The van der Waals surface area contributed by atoms with Gasteiger partial charge in [-0.05, 0) is 43.4 Å². The van der Waals surface area contributed by atoms with E-state index in [1.165, 1.54) is 6.42 Å². The van der Waals surface area contributed by atoms with Crippen LogP contribution in [-0.2, 0) is 4.79 Å². The Kier molecular flexibility index (Phi) is 6.23. The first kappa shape index (κ1) is 21.7. The number of hydrogen-bond donors (Lipinski definition) is 0. The van der Waals surface area contributed by atoms with Crippen molar-refractivity contribution in [2.45, 2.75) is 27.2 Å². The largest absolute Gasteiger partial charge is 0.497 e. The summed E-state index contributed by atoms with van der Waals surface area (Å²) in [6.07, 6.45) is 1.19. The van der Waals surface area contributed by atoms with Gasteiger partial charge in [0.25, 0.3) is 5.91 Å². The number of likely N-dealkylation sites (tertiary alicyclic amines) is 1. The van der Waals surface area contributed by atoms with Crippen molar-refractivity contribution in [3.8, 4) is 5.75 Å². The lowest BCUT2D eigenvalue weighted by Crippen LogP contribution is -2.53. The molecule has 7 nitrogen and oxygen atoms in total. The van der Waals surface area contributed by atoms with Crippen LogP contribution in [0, 0.1) is 18.8 Å². The molecule has 0 unspecified atom stereocenters. The van der Waals surface area contributed by atoms with Crippen LogP contribution < -0.4 is 4.74 Å². The van der Waals surface area contributed by atoms with Crippen molar-refractivity contribution < 1.29 is 18.7 Å². The highest BCUT2D eigenvalue weighted by Crippen LogP contribution is 2.29. The highest BCUT2D eigenvalue weighted by atomic mass is 16.5. The zero-order valence-electron chi connectivity index (χ0n) is 19.0. The maximum Gasteiger partial charge on any atom is 0.289 e. The molecule has 7 heteroatoms. The highest BCUT2D eigenvalue weighted by Gasteiger charge is 2.30. The predicted octanol–water partition coefficient (Wildman–Crippen LogP) is 3.01. The lowest BCUT2D eigenvalue weighted by Gasteiger charge is -2.38. The van der Waals surface area contributed by atoms with Crippen LogP contribution in [-0.4, -0.2) is 79.4 Å². The first-order valence-electron chi connectivity index (χ1n) is 11.2. The van der Waals surface area contributed by atoms with Crippen molar-refractivity contribution in [3.05, 3.63) is 29.5 Å². The molecule has 2 saturated heterocycles. The number of methoxy groups -OCH3 is 1. The van der Waals surface area contributed by atoms with Crippen molar-refractivity contribution in [2.75, 3.05) is 52.9 Å². The van der Waals surface area contributed by atoms with Crippen LogP contribution in [0.1, 0.15) is 36.4 Å². The van der Waals surface area contributed by atoms with Gasteiger partial charge in [0.05, 0.1) is 13.7 Å². The van der Waals surface area contributed by atoms with Gasteiger partial charge in [0.2, 0.25) is 5.91 Å². The van der Waals surface area contributed by atoms with Crippen molar-refractivity contribution in [3.63, 3.8) is 0 Å². The number of ether oxygens (including phenoxy) is 1. The number of fused-ring (bicyclic) bond motifs is 1. The average molecular weight is 428 g/mol. The number of piperazine rings is 1. The standard InChI is InChI=1S/C24H33N3O4/c1-16-11-17(2)14-27(13-16)22(28)15-25-7-9-26(10-8-25)24(29)23-18(3)20-12-19(30-4)5-6-21(20)31-23/h5-6,12,16-17H,7-11,13-15H2,1-4H3/t16-,17+. The summed E-state index contributed by atoms with van der Waals surface area (Å²) in [5.41, 5.74) is 1.53. The number of amides is 2. The summed E-state index contributed by atoms with van der Waals surface area (Å²) in [7, 11) is 1.62. The number of carbonyl (C=O) groups excluding carboxylic acids is 2. The van der Waals surface area contributed by atoms with Gasteiger partial charge in [-0.1, -0.05) is 13.8 Å². The van der Waals surface area contributed by atoms with Crippen molar-refractivity contribution in [2.24, 2.45) is 11.8 Å². The normalized spacial score (nSPS) is 22.7. The molecule has 31 heavy (non-hydrogen) atoms. The minimum Gasteiger partial charge on any atom is -0.497 e. The van der Waals surface area contributed by atoms with Crippen LogP contribution in [0.3, 0.4) is 0 Å². The van der Waals surface area contributed by atoms with E-state index < -0.39 is 0 Å². The quantitative estimate of drug-likeness (QED) is 0.751. The summed E-state index contributed by atoms with van der Waals surface area (Å²) in [5.74, 6) is 2.39. The number of piperidine rings is 1. The molecule has 0 spiro atoms. The summed E-state index contributed by atoms with van der Waals surface area (Å²) in [4.78, 5) is 31.9. The summed E-state index contributed by atoms with van der Waals surface area (Å²) in [6, 6.07) is 5.57. The molecule has 2 fully saturated rings. The molecule has 2 amide bonds. The molecular weight excluding hydrogens is 394 g/mol. The summed E-state index contributed by atoms with van der Waals surface area (Å²) in [6.45, 7) is 11.1. The van der Waals surface area contributed by atoms with Gasteiger partial charge in [0.15, 0.2) is 5.76 Å². The first-order valence-corrected chi connectivity index (χ1v) is 11.2. The lowest BCUT2D eigenvalue weighted by atomic mass is 9.92. The second kappa shape index (κ2) is 8.91. The van der Waals surface area contributed by atoms with Gasteiger partial charge in [0, 0.05) is 50.2 Å². The van der Waals surface area contributed by atoms with E-state index in [1.807, 2.05) is 34.9 Å². The van der Waals surface area contributed by atoms with E-state index in [0.717, 1.165) is 29.8 Å². The average Bonchev–Trinajstić information content (AvgIpc) is 3.09. The highest BCUT2D eigenvalue weighted by molar-refractivity contribution is 5.99. The van der Waals surface area contributed by atoms with Crippen molar-refractivity contribution >= 4 is 22.8 Å². The van der Waals surface area contributed by atoms with Gasteiger partial charge < -0.3 is 19.0 Å². The molecule has 0 saturated carbocycles. The van der Waals surface area contributed by atoms with E-state index in [4.69, 9.17) is 9.15 Å². The molecule has 2 aromatic rings. The van der Waals surface area contributed by atoms with E-state index in [-0.39, 0.29) is 11.8 Å². The molecule has 3 heterocycles. The Balaban J connectivity index is 1.35. The Hall–Kier alpha value is -2.54. The minimum atomic E-state index is -0.0858. The van der Waals surface area contributed by atoms with Gasteiger partial charge in [-0.2, -0.15) is 0 Å². The summed E-state index contributed by atoms with van der Waals surface area (Å²) in [5, 5.41) is 0.900. The molecule has 1 aromatic carbocycles. The van der Waals surface area contributed by atoms with Gasteiger partial charge in [0.1, 0.15) is 11.3 Å². The molecule has 0 bridgehead atoms. The number of hydrogen-bond acceptors (Lipinski definition) is 5. The molecule has 4 rings (SSSR count). The van der Waals surface area contributed by atoms with E-state index in [2.05, 4.69) is 18.7 Å². The number of furan rings is 1. The zero-order chi connectivity index (χ0) is 22.1. The molecule has 2 aliphatic heterocycles. The molecule has 2 atom stereocenters. The van der Waals surface area contributed by atoms with Crippen LogP contribution in [0.2, 0.25) is 0 Å². The third-order valence-electron chi connectivity index (χ3n) is 6.58. The lowest BCUT2D eigenvalue weighted by molar-refractivity contribution is -0.135. The number of rotatable bonds is 4. The Bertz CT molecular complexity index is 951. The Morgan fingerprint density at radius 2 is 1.74 bits per heavy atom. The number of aryl methyl sites for hydroxylation is 1. The fourth-order valence-electron chi connectivity index (χ4n) is 4.94. The van der Waals surface area contributed by atoms with Gasteiger partial charge in [-0.25, -0.2) is 0 Å². The summed E-state index contributed by atoms with van der Waals surface area (Å²) >= 11 is 0. The van der Waals surface area contributed by atoms with Crippen LogP contribution in [0.15, 0.2) is 22.6 Å². The molecule has 0 radical (unpaired) electrons. The Morgan fingerprint density at radius 3 is 2.39 bits per heavy atom. The molecule has 0 N–H and O–H groups in total. The van der Waals surface area contributed by atoms with E-state index in [0.29, 0.717) is 55.9 Å². The second-order valence-electron chi connectivity index (χ2n) is 9.23. The summed E-state index contributed by atoms with van der Waals surface area (Å²) < 4.78 is 11.2.